The third-order valence-electron chi connectivity index (χ3n) is 3.28. The van der Waals surface area contributed by atoms with Gasteiger partial charge in [-0.05, 0) is 44.0 Å². The first kappa shape index (κ1) is 11.1. The molecule has 1 unspecified atom stereocenters. The molecule has 0 radical (unpaired) electrons. The maximum absolute atomic E-state index is 11.3. The highest BCUT2D eigenvalue weighted by molar-refractivity contribution is 5.94. The predicted octanol–water partition coefficient (Wildman–Crippen LogP) is 1.28. The molecule has 0 bridgehead atoms. The van der Waals surface area contributed by atoms with Crippen molar-refractivity contribution in [3.05, 3.63) is 35.4 Å². The molecule has 1 amide bonds. The van der Waals surface area contributed by atoms with Gasteiger partial charge in [-0.25, -0.2) is 0 Å². The fourth-order valence-corrected chi connectivity index (χ4v) is 2.44. The molecule has 0 aromatic heterocycles. The largest absolute Gasteiger partial charge is 0.366 e. The highest BCUT2D eigenvalue weighted by atomic mass is 16.1. The van der Waals surface area contributed by atoms with E-state index in [1.807, 2.05) is 24.3 Å². The third-order valence-corrected chi connectivity index (χ3v) is 3.28. The summed E-state index contributed by atoms with van der Waals surface area (Å²) in [6, 6.07) is 7.67. The molecule has 1 aromatic carbocycles. The molecular weight excluding hydrogens is 200 g/mol. The highest BCUT2D eigenvalue weighted by Gasteiger charge is 2.21. The number of amides is 1. The van der Waals surface area contributed by atoms with Gasteiger partial charge in [-0.15, -0.1) is 0 Å². The Morgan fingerprint density at radius 1 is 1.50 bits per heavy atom. The smallest absolute Gasteiger partial charge is 0.248 e. The van der Waals surface area contributed by atoms with E-state index in [-0.39, 0.29) is 5.91 Å². The van der Waals surface area contributed by atoms with Crippen LogP contribution in [0, 0.1) is 5.92 Å². The van der Waals surface area contributed by atoms with E-state index >= 15 is 0 Å². The summed E-state index contributed by atoms with van der Waals surface area (Å²) < 4.78 is 0. The number of nitrogens with two attached hydrogens (primary N) is 1. The second-order valence-corrected chi connectivity index (χ2v) is 4.64. The predicted molar refractivity (Wildman–Crippen MR) is 64.3 cm³/mol. The van der Waals surface area contributed by atoms with Crippen molar-refractivity contribution in [3.63, 3.8) is 0 Å². The number of hydrogen-bond acceptors (Lipinski definition) is 2. The lowest BCUT2D eigenvalue weighted by Crippen LogP contribution is -2.17. The first-order valence-electron chi connectivity index (χ1n) is 5.73. The topological polar surface area (TPSA) is 46.3 Å². The number of nitrogens with zero attached hydrogens (tertiary/aromatic N) is 1. The molecule has 1 heterocycles. The fourth-order valence-electron chi connectivity index (χ4n) is 2.44. The molecule has 86 valence electrons. The molecule has 16 heavy (non-hydrogen) atoms. The molecule has 0 spiro atoms. The quantitative estimate of drug-likeness (QED) is 0.830. The summed E-state index contributed by atoms with van der Waals surface area (Å²) >= 11 is 0. The van der Waals surface area contributed by atoms with Gasteiger partial charge >= 0.3 is 0 Å². The minimum Gasteiger partial charge on any atom is -0.366 e. The Kier molecular flexibility index (Phi) is 3.25. The van der Waals surface area contributed by atoms with Crippen molar-refractivity contribution in [2.24, 2.45) is 11.7 Å². The van der Waals surface area contributed by atoms with Crippen LogP contribution in [0.5, 0.6) is 0 Å². The van der Waals surface area contributed by atoms with Crippen molar-refractivity contribution in [3.8, 4) is 0 Å². The van der Waals surface area contributed by atoms with Gasteiger partial charge in [-0.1, -0.05) is 18.2 Å². The monoisotopic (exact) mass is 218 g/mol. The Labute approximate surface area is 96.2 Å². The van der Waals surface area contributed by atoms with Gasteiger partial charge in [0, 0.05) is 12.1 Å². The summed E-state index contributed by atoms with van der Waals surface area (Å²) in [6.45, 7) is 2.27. The zero-order valence-electron chi connectivity index (χ0n) is 9.65. The van der Waals surface area contributed by atoms with Crippen LogP contribution in [-0.2, 0) is 6.42 Å². The number of carbonyl (C=O) groups is 1. The highest BCUT2D eigenvalue weighted by Crippen LogP contribution is 2.21. The Balaban J connectivity index is 2.12. The van der Waals surface area contributed by atoms with Crippen LogP contribution >= 0.6 is 0 Å². The average Bonchev–Trinajstić information content (AvgIpc) is 2.64. The molecular formula is C13H18N2O. The molecule has 2 N–H and O–H groups in total. The number of rotatable bonds is 3. The molecule has 0 aliphatic carbocycles. The summed E-state index contributed by atoms with van der Waals surface area (Å²) in [4.78, 5) is 13.6. The number of hydrogen-bond donors (Lipinski definition) is 1. The van der Waals surface area contributed by atoms with Gasteiger partial charge in [0.1, 0.15) is 0 Å². The van der Waals surface area contributed by atoms with Crippen molar-refractivity contribution in [2.45, 2.75) is 12.8 Å². The molecule has 1 aliphatic heterocycles. The maximum Gasteiger partial charge on any atom is 0.248 e. The van der Waals surface area contributed by atoms with Gasteiger partial charge in [-0.2, -0.15) is 0 Å². The van der Waals surface area contributed by atoms with Gasteiger partial charge in [0.05, 0.1) is 0 Å². The Bertz CT molecular complexity index is 389. The lowest BCUT2D eigenvalue weighted by molar-refractivity contribution is 0.0999. The second-order valence-electron chi connectivity index (χ2n) is 4.64. The van der Waals surface area contributed by atoms with Crippen LogP contribution in [-0.4, -0.2) is 30.9 Å². The minimum atomic E-state index is -0.318. The average molecular weight is 218 g/mol. The van der Waals surface area contributed by atoms with E-state index in [0.29, 0.717) is 11.5 Å². The second kappa shape index (κ2) is 4.66. The van der Waals surface area contributed by atoms with Crippen molar-refractivity contribution in [1.29, 1.82) is 0 Å². The maximum atomic E-state index is 11.3. The third kappa shape index (κ3) is 2.42. The number of likely N-dealkylation sites (tertiary alicyclic amines) is 1. The molecule has 3 nitrogen and oxygen atoms in total. The lowest BCUT2D eigenvalue weighted by Gasteiger charge is -2.12. The summed E-state index contributed by atoms with van der Waals surface area (Å²) in [5.74, 6) is 0.340. The van der Waals surface area contributed by atoms with E-state index in [1.54, 1.807) is 0 Å². The normalized spacial score (nSPS) is 21.2. The van der Waals surface area contributed by atoms with Crippen LogP contribution < -0.4 is 5.73 Å². The molecule has 3 heteroatoms. The summed E-state index contributed by atoms with van der Waals surface area (Å²) in [5.41, 5.74) is 7.14. The Hall–Kier alpha value is -1.35. The molecule has 1 saturated heterocycles. The van der Waals surface area contributed by atoms with Crippen LogP contribution in [0.3, 0.4) is 0 Å². The van der Waals surface area contributed by atoms with Gasteiger partial charge in [0.15, 0.2) is 0 Å². The van der Waals surface area contributed by atoms with Crippen molar-refractivity contribution in [2.75, 3.05) is 20.1 Å². The Morgan fingerprint density at radius 2 is 2.25 bits per heavy atom. The van der Waals surface area contributed by atoms with Gasteiger partial charge in [0.25, 0.3) is 0 Å². The first-order valence-corrected chi connectivity index (χ1v) is 5.73. The fraction of sp³-hybridized carbons (Fsp3) is 0.462. The van der Waals surface area contributed by atoms with Crippen molar-refractivity contribution >= 4 is 5.91 Å². The van der Waals surface area contributed by atoms with E-state index in [9.17, 15) is 4.79 Å². The summed E-state index contributed by atoms with van der Waals surface area (Å²) in [5, 5.41) is 0. The Morgan fingerprint density at radius 3 is 2.88 bits per heavy atom. The molecule has 1 atom stereocenters. The van der Waals surface area contributed by atoms with Crippen molar-refractivity contribution in [1.82, 2.24) is 4.90 Å². The van der Waals surface area contributed by atoms with Crippen LogP contribution in [0.25, 0.3) is 0 Å². The molecule has 1 aromatic rings. The van der Waals surface area contributed by atoms with Crippen LogP contribution in [0.1, 0.15) is 22.3 Å². The zero-order chi connectivity index (χ0) is 11.5. The molecule has 1 fully saturated rings. The summed E-state index contributed by atoms with van der Waals surface area (Å²) in [7, 11) is 2.14. The van der Waals surface area contributed by atoms with E-state index in [2.05, 4.69) is 11.9 Å². The summed E-state index contributed by atoms with van der Waals surface area (Å²) in [6.07, 6.45) is 2.17. The lowest BCUT2D eigenvalue weighted by atomic mass is 9.95. The first-order chi connectivity index (χ1) is 7.66. The van der Waals surface area contributed by atoms with E-state index in [1.165, 1.54) is 6.42 Å². The van der Waals surface area contributed by atoms with Gasteiger partial charge < -0.3 is 10.6 Å². The van der Waals surface area contributed by atoms with Crippen LogP contribution in [0.15, 0.2) is 24.3 Å². The van der Waals surface area contributed by atoms with E-state index in [0.717, 1.165) is 25.1 Å². The number of primary amides is 1. The van der Waals surface area contributed by atoms with E-state index < -0.39 is 0 Å². The molecule has 2 rings (SSSR count). The number of carbonyl (C=O) groups excluding carboxylic acids is 1. The zero-order valence-corrected chi connectivity index (χ0v) is 9.65. The molecule has 1 aliphatic rings. The van der Waals surface area contributed by atoms with Crippen LogP contribution in [0.2, 0.25) is 0 Å². The number of benzene rings is 1. The van der Waals surface area contributed by atoms with Crippen molar-refractivity contribution < 1.29 is 4.79 Å². The SMILES string of the molecule is CN1CCC(Cc2ccccc2C(N)=O)C1. The van der Waals surface area contributed by atoms with Gasteiger partial charge in [0.2, 0.25) is 5.91 Å². The minimum absolute atomic E-state index is 0.318. The standard InChI is InChI=1S/C13H18N2O/c1-15-7-6-10(9-15)8-11-4-2-3-5-12(11)13(14)16/h2-5,10H,6-9H2,1H3,(H2,14,16). The van der Waals surface area contributed by atoms with Crippen LogP contribution in [0.4, 0.5) is 0 Å². The van der Waals surface area contributed by atoms with Gasteiger partial charge in [-0.3, -0.25) is 4.79 Å². The van der Waals surface area contributed by atoms with E-state index in [4.69, 9.17) is 5.73 Å². The molecule has 0 saturated carbocycles.